The van der Waals surface area contributed by atoms with Gasteiger partial charge in [-0.1, -0.05) is 0 Å². The van der Waals surface area contributed by atoms with Crippen LogP contribution in [0.15, 0.2) is 18.2 Å². The fraction of sp³-hybridized carbons (Fsp3) is 0.438. The minimum Gasteiger partial charge on any atom is -0.465 e. The maximum atomic E-state index is 13.6. The first-order valence-electron chi connectivity index (χ1n) is 7.30. The minimum atomic E-state index is -0.267. The quantitative estimate of drug-likeness (QED) is 0.882. The van der Waals surface area contributed by atoms with Crippen LogP contribution >= 0.6 is 12.4 Å². The maximum absolute atomic E-state index is 13.6. The number of carbonyl (C=O) groups excluding carboxylic acids is 1. The summed E-state index contributed by atoms with van der Waals surface area (Å²) in [5.74, 6) is -0.533. The van der Waals surface area contributed by atoms with Crippen LogP contribution in [0.1, 0.15) is 24.6 Å². The van der Waals surface area contributed by atoms with E-state index in [0.29, 0.717) is 6.61 Å². The number of benzene rings is 1. The Kier molecular flexibility index (Phi) is 5.08. The highest BCUT2D eigenvalue weighted by atomic mass is 35.5. The summed E-state index contributed by atoms with van der Waals surface area (Å²) < 4.78 is 20.6. The van der Waals surface area contributed by atoms with Gasteiger partial charge in [-0.05, 0) is 49.9 Å². The molecule has 1 atom stereocenters. The summed E-state index contributed by atoms with van der Waals surface area (Å²) >= 11 is 0. The molecule has 22 heavy (non-hydrogen) atoms. The lowest BCUT2D eigenvalue weighted by molar-refractivity contribution is -0.143. The second-order valence-corrected chi connectivity index (χ2v) is 5.48. The van der Waals surface area contributed by atoms with E-state index in [-0.39, 0.29) is 36.8 Å². The normalized spacial score (nSPS) is 17.0. The molecule has 0 saturated carbocycles. The summed E-state index contributed by atoms with van der Waals surface area (Å²) in [5.41, 5.74) is 9.09. The highest BCUT2D eigenvalue weighted by Crippen LogP contribution is 2.32. The van der Waals surface area contributed by atoms with Crippen molar-refractivity contribution in [1.29, 1.82) is 0 Å². The molecule has 1 aromatic heterocycles. The van der Waals surface area contributed by atoms with E-state index in [1.165, 1.54) is 12.1 Å². The number of hydrogen-bond donors (Lipinski definition) is 1. The van der Waals surface area contributed by atoms with Crippen molar-refractivity contribution in [2.24, 2.45) is 5.73 Å². The van der Waals surface area contributed by atoms with Gasteiger partial charge in [-0.15, -0.1) is 12.4 Å². The highest BCUT2D eigenvalue weighted by Gasteiger charge is 2.24. The molecular formula is C16H20ClFN2O2. The number of halogens is 2. The van der Waals surface area contributed by atoms with Gasteiger partial charge in [0, 0.05) is 22.6 Å². The zero-order valence-electron chi connectivity index (χ0n) is 12.5. The molecule has 1 aliphatic rings. The molecule has 120 valence electrons. The van der Waals surface area contributed by atoms with Crippen LogP contribution in [-0.2, 0) is 28.9 Å². The van der Waals surface area contributed by atoms with E-state index in [2.05, 4.69) is 0 Å². The number of fused-ring (bicyclic) bond motifs is 3. The Morgan fingerprint density at radius 3 is 3.00 bits per heavy atom. The average Bonchev–Trinajstić information content (AvgIpc) is 2.72. The van der Waals surface area contributed by atoms with Crippen LogP contribution in [0.25, 0.3) is 10.9 Å². The smallest absolute Gasteiger partial charge is 0.325 e. The molecule has 1 heterocycles. The van der Waals surface area contributed by atoms with Gasteiger partial charge < -0.3 is 15.0 Å². The van der Waals surface area contributed by atoms with Crippen molar-refractivity contribution >= 4 is 29.3 Å². The van der Waals surface area contributed by atoms with Crippen LogP contribution in [0.5, 0.6) is 0 Å². The van der Waals surface area contributed by atoms with Gasteiger partial charge in [-0.2, -0.15) is 0 Å². The van der Waals surface area contributed by atoms with Crippen molar-refractivity contribution in [2.75, 3.05) is 6.61 Å². The molecule has 1 aliphatic carbocycles. The van der Waals surface area contributed by atoms with Gasteiger partial charge in [-0.3, -0.25) is 4.79 Å². The lowest BCUT2D eigenvalue weighted by Gasteiger charge is -2.20. The number of ether oxygens (including phenoxy) is 1. The van der Waals surface area contributed by atoms with Crippen molar-refractivity contribution in [1.82, 2.24) is 4.57 Å². The molecule has 3 rings (SSSR count). The van der Waals surface area contributed by atoms with Crippen molar-refractivity contribution in [3.63, 3.8) is 0 Å². The third kappa shape index (κ3) is 2.96. The third-order valence-corrected chi connectivity index (χ3v) is 4.06. The molecule has 0 radical (unpaired) electrons. The van der Waals surface area contributed by atoms with E-state index >= 15 is 0 Å². The number of aromatic nitrogens is 1. The molecule has 0 bridgehead atoms. The molecule has 4 nitrogen and oxygen atoms in total. The van der Waals surface area contributed by atoms with E-state index in [0.717, 1.165) is 41.4 Å². The number of nitrogens with zero attached hydrogens (tertiary/aromatic N) is 1. The molecule has 0 aliphatic heterocycles. The monoisotopic (exact) mass is 326 g/mol. The van der Waals surface area contributed by atoms with Gasteiger partial charge in [0.1, 0.15) is 12.4 Å². The summed E-state index contributed by atoms with van der Waals surface area (Å²) in [5, 5.41) is 0.865. The molecular weight excluding hydrogens is 307 g/mol. The number of carbonyl (C=O) groups is 1. The molecule has 2 aromatic rings. The minimum absolute atomic E-state index is 0. The molecule has 6 heteroatoms. The van der Waals surface area contributed by atoms with Crippen LogP contribution in [0.4, 0.5) is 4.39 Å². The Morgan fingerprint density at radius 1 is 1.50 bits per heavy atom. The van der Waals surface area contributed by atoms with Crippen molar-refractivity contribution in [3.05, 3.63) is 35.3 Å². The summed E-state index contributed by atoms with van der Waals surface area (Å²) in [6, 6.07) is 4.79. The standard InChI is InChI=1S/C16H19FN2O2.ClH/c1-2-21-16(20)9-19-14-5-3-10(17)7-12(14)13-8-11(18)4-6-15(13)19;/h3,5,7,11H,2,4,6,8-9,18H2,1H3;1H. The van der Waals surface area contributed by atoms with E-state index in [1.54, 1.807) is 13.0 Å². The Bertz CT molecular complexity index is 699. The molecule has 2 N–H and O–H groups in total. The van der Waals surface area contributed by atoms with E-state index in [1.807, 2.05) is 4.57 Å². The SMILES string of the molecule is CCOC(=O)Cn1c2c(c3cc(F)ccc31)CC(N)CC2.Cl. The van der Waals surface area contributed by atoms with Crippen LogP contribution in [0.2, 0.25) is 0 Å². The lowest BCUT2D eigenvalue weighted by atomic mass is 9.92. The Balaban J connectivity index is 0.00000176. The highest BCUT2D eigenvalue weighted by molar-refractivity contribution is 5.87. The number of nitrogens with two attached hydrogens (primary N) is 1. The zero-order valence-corrected chi connectivity index (χ0v) is 13.3. The van der Waals surface area contributed by atoms with Crippen molar-refractivity contribution in [2.45, 2.75) is 38.8 Å². The largest absolute Gasteiger partial charge is 0.465 e. The first-order valence-corrected chi connectivity index (χ1v) is 7.30. The zero-order chi connectivity index (χ0) is 15.0. The number of rotatable bonds is 3. The summed E-state index contributed by atoms with van der Waals surface area (Å²) in [7, 11) is 0. The fourth-order valence-electron chi connectivity index (χ4n) is 3.17. The average molecular weight is 327 g/mol. The first kappa shape index (κ1) is 16.8. The fourth-order valence-corrected chi connectivity index (χ4v) is 3.17. The maximum Gasteiger partial charge on any atom is 0.325 e. The molecule has 0 fully saturated rings. The number of hydrogen-bond acceptors (Lipinski definition) is 3. The van der Waals surface area contributed by atoms with Gasteiger partial charge >= 0.3 is 5.97 Å². The second-order valence-electron chi connectivity index (χ2n) is 5.48. The van der Waals surface area contributed by atoms with E-state index < -0.39 is 0 Å². The van der Waals surface area contributed by atoms with E-state index in [9.17, 15) is 9.18 Å². The second kappa shape index (κ2) is 6.67. The molecule has 1 unspecified atom stereocenters. The molecule has 0 saturated heterocycles. The van der Waals surface area contributed by atoms with Gasteiger partial charge in [0.15, 0.2) is 0 Å². The molecule has 0 amide bonds. The van der Waals surface area contributed by atoms with Crippen molar-refractivity contribution < 1.29 is 13.9 Å². The lowest BCUT2D eigenvalue weighted by Crippen LogP contribution is -2.28. The number of esters is 1. The van der Waals surface area contributed by atoms with Gasteiger partial charge in [0.2, 0.25) is 0 Å². The molecule has 1 aromatic carbocycles. The Hall–Kier alpha value is -1.59. The predicted molar refractivity (Wildman–Crippen MR) is 85.8 cm³/mol. The molecule has 0 spiro atoms. The van der Waals surface area contributed by atoms with Crippen LogP contribution in [0, 0.1) is 5.82 Å². The van der Waals surface area contributed by atoms with Crippen molar-refractivity contribution in [3.8, 4) is 0 Å². The van der Waals surface area contributed by atoms with Gasteiger partial charge in [0.05, 0.1) is 6.61 Å². The Labute approximate surface area is 134 Å². The topological polar surface area (TPSA) is 57.2 Å². The van der Waals surface area contributed by atoms with E-state index in [4.69, 9.17) is 10.5 Å². The van der Waals surface area contributed by atoms with Gasteiger partial charge in [0.25, 0.3) is 0 Å². The summed E-state index contributed by atoms with van der Waals surface area (Å²) in [4.78, 5) is 11.8. The van der Waals surface area contributed by atoms with Crippen LogP contribution < -0.4 is 5.73 Å². The summed E-state index contributed by atoms with van der Waals surface area (Å²) in [6.07, 6.45) is 2.42. The first-order chi connectivity index (χ1) is 10.1. The summed E-state index contributed by atoms with van der Waals surface area (Å²) in [6.45, 7) is 2.32. The van der Waals surface area contributed by atoms with Crippen LogP contribution in [-0.4, -0.2) is 23.2 Å². The Morgan fingerprint density at radius 2 is 2.27 bits per heavy atom. The predicted octanol–water partition coefficient (Wildman–Crippen LogP) is 2.58. The van der Waals surface area contributed by atoms with Crippen LogP contribution in [0.3, 0.4) is 0 Å². The third-order valence-electron chi connectivity index (χ3n) is 4.06. The van der Waals surface area contributed by atoms with Gasteiger partial charge in [-0.25, -0.2) is 4.39 Å².